The number of fused-ring (bicyclic) bond motifs is 1. The Hall–Kier alpha value is -0.410. The van der Waals surface area contributed by atoms with Crippen LogP contribution in [-0.2, 0) is 0 Å². The van der Waals surface area contributed by atoms with Crippen molar-refractivity contribution in [2.45, 2.75) is 31.5 Å². The van der Waals surface area contributed by atoms with Crippen molar-refractivity contribution in [3.63, 3.8) is 0 Å². The van der Waals surface area contributed by atoms with Crippen molar-refractivity contribution < 1.29 is 0 Å². The van der Waals surface area contributed by atoms with Crippen molar-refractivity contribution in [3.05, 3.63) is 29.3 Å². The molecule has 0 N–H and O–H groups in total. The van der Waals surface area contributed by atoms with Crippen molar-refractivity contribution in [2.24, 2.45) is 5.92 Å². The second kappa shape index (κ2) is 4.84. The van der Waals surface area contributed by atoms with Crippen LogP contribution in [-0.4, -0.2) is 9.81 Å². The van der Waals surface area contributed by atoms with Gasteiger partial charge in [-0.05, 0) is 18.1 Å². The fourth-order valence-electron chi connectivity index (χ4n) is 2.04. The standard InChI is InChI=1S/C13H16BrNS/c1-8(2)12(9(3)14)13-15-10-6-4-5-7-11(10)16-13/h4-9,12H,1-3H3. The lowest BCUT2D eigenvalue weighted by molar-refractivity contribution is 0.497. The van der Waals surface area contributed by atoms with Crippen LogP contribution in [0.5, 0.6) is 0 Å². The summed E-state index contributed by atoms with van der Waals surface area (Å²) in [6.45, 7) is 6.72. The molecule has 1 aromatic carbocycles. The highest BCUT2D eigenvalue weighted by atomic mass is 79.9. The number of nitrogens with zero attached hydrogens (tertiary/aromatic N) is 1. The van der Waals surface area contributed by atoms with Crippen molar-refractivity contribution in [2.75, 3.05) is 0 Å². The summed E-state index contributed by atoms with van der Waals surface area (Å²) in [7, 11) is 0. The molecule has 0 radical (unpaired) electrons. The third kappa shape index (κ3) is 2.30. The number of para-hydroxylation sites is 1. The van der Waals surface area contributed by atoms with Crippen LogP contribution < -0.4 is 0 Å². The van der Waals surface area contributed by atoms with E-state index in [9.17, 15) is 0 Å². The van der Waals surface area contributed by atoms with E-state index in [1.54, 1.807) is 0 Å². The SMILES string of the molecule is CC(C)C(c1nc2ccccc2s1)C(C)Br. The maximum atomic E-state index is 4.74. The Morgan fingerprint density at radius 3 is 2.44 bits per heavy atom. The molecule has 0 fully saturated rings. The van der Waals surface area contributed by atoms with Crippen molar-refractivity contribution in [3.8, 4) is 0 Å². The molecule has 2 rings (SSSR count). The third-order valence-corrected chi connectivity index (χ3v) is 4.52. The largest absolute Gasteiger partial charge is 0.241 e. The van der Waals surface area contributed by atoms with Crippen molar-refractivity contribution in [1.82, 2.24) is 4.98 Å². The zero-order valence-electron chi connectivity index (χ0n) is 9.77. The number of aromatic nitrogens is 1. The Morgan fingerprint density at radius 2 is 1.88 bits per heavy atom. The van der Waals surface area contributed by atoms with Gasteiger partial charge < -0.3 is 0 Å². The van der Waals surface area contributed by atoms with E-state index in [0.29, 0.717) is 16.7 Å². The van der Waals surface area contributed by atoms with Gasteiger partial charge in [-0.25, -0.2) is 4.98 Å². The second-order valence-corrected chi connectivity index (χ2v) is 6.97. The number of hydrogen-bond donors (Lipinski definition) is 0. The molecule has 0 bridgehead atoms. The number of halogens is 1. The number of benzene rings is 1. The molecule has 1 nitrogen and oxygen atoms in total. The van der Waals surface area contributed by atoms with Crippen LogP contribution in [0.25, 0.3) is 10.2 Å². The highest BCUT2D eigenvalue weighted by Gasteiger charge is 2.24. The van der Waals surface area contributed by atoms with E-state index in [4.69, 9.17) is 4.98 Å². The fraction of sp³-hybridized carbons (Fsp3) is 0.462. The van der Waals surface area contributed by atoms with E-state index in [1.165, 1.54) is 9.71 Å². The minimum atomic E-state index is 0.466. The van der Waals surface area contributed by atoms with Crippen LogP contribution >= 0.6 is 27.3 Å². The molecule has 0 aliphatic carbocycles. The maximum Gasteiger partial charge on any atom is 0.0983 e. The maximum absolute atomic E-state index is 4.74. The smallest absolute Gasteiger partial charge is 0.0983 e. The highest BCUT2D eigenvalue weighted by Crippen LogP contribution is 2.36. The van der Waals surface area contributed by atoms with Crippen molar-refractivity contribution >= 4 is 37.5 Å². The van der Waals surface area contributed by atoms with Gasteiger partial charge in [0.05, 0.1) is 15.2 Å². The number of alkyl halides is 1. The number of thiazole rings is 1. The summed E-state index contributed by atoms with van der Waals surface area (Å²) in [6.07, 6.45) is 0. The Labute approximate surface area is 109 Å². The summed E-state index contributed by atoms with van der Waals surface area (Å²) in [6, 6.07) is 8.36. The minimum absolute atomic E-state index is 0.466. The molecule has 0 aliphatic rings. The van der Waals surface area contributed by atoms with E-state index in [-0.39, 0.29) is 0 Å². The Kier molecular flexibility index (Phi) is 3.65. The first-order valence-electron chi connectivity index (χ1n) is 5.59. The summed E-state index contributed by atoms with van der Waals surface area (Å²) in [5, 5.41) is 1.25. The van der Waals surface area contributed by atoms with Crippen molar-refractivity contribution in [1.29, 1.82) is 0 Å². The van der Waals surface area contributed by atoms with Gasteiger partial charge in [0, 0.05) is 10.7 Å². The highest BCUT2D eigenvalue weighted by molar-refractivity contribution is 9.09. The first-order valence-corrected chi connectivity index (χ1v) is 7.32. The normalized spacial score (nSPS) is 15.6. The van der Waals surface area contributed by atoms with Gasteiger partial charge in [0.1, 0.15) is 0 Å². The monoisotopic (exact) mass is 297 g/mol. The molecule has 0 aliphatic heterocycles. The van der Waals surface area contributed by atoms with Gasteiger partial charge in [0.25, 0.3) is 0 Å². The van der Waals surface area contributed by atoms with Gasteiger partial charge in [0.2, 0.25) is 0 Å². The van der Waals surface area contributed by atoms with Gasteiger partial charge in [0.15, 0.2) is 0 Å². The summed E-state index contributed by atoms with van der Waals surface area (Å²) in [5.41, 5.74) is 1.13. The van der Waals surface area contributed by atoms with E-state index >= 15 is 0 Å². The Bertz CT molecular complexity index is 434. The quantitative estimate of drug-likeness (QED) is 0.740. The zero-order chi connectivity index (χ0) is 11.7. The molecule has 2 atom stereocenters. The Balaban J connectivity index is 2.45. The van der Waals surface area contributed by atoms with E-state index in [2.05, 4.69) is 54.9 Å². The van der Waals surface area contributed by atoms with Crippen LogP contribution in [0, 0.1) is 5.92 Å². The average molecular weight is 298 g/mol. The van der Waals surface area contributed by atoms with Crippen LogP contribution in [0.1, 0.15) is 31.7 Å². The summed E-state index contributed by atoms with van der Waals surface area (Å²) < 4.78 is 1.29. The molecule has 2 unspecified atom stereocenters. The van der Waals surface area contributed by atoms with Gasteiger partial charge in [-0.2, -0.15) is 0 Å². The first kappa shape index (κ1) is 12.1. The van der Waals surface area contributed by atoms with Gasteiger partial charge in [-0.15, -0.1) is 11.3 Å². The lowest BCUT2D eigenvalue weighted by atomic mass is 9.94. The fourth-order valence-corrected chi connectivity index (χ4v) is 4.43. The average Bonchev–Trinajstić information content (AvgIpc) is 2.58. The molecule has 3 heteroatoms. The molecule has 1 aromatic heterocycles. The van der Waals surface area contributed by atoms with Crippen LogP contribution in [0.2, 0.25) is 0 Å². The van der Waals surface area contributed by atoms with Crippen LogP contribution in [0.4, 0.5) is 0 Å². The van der Waals surface area contributed by atoms with Crippen LogP contribution in [0.15, 0.2) is 24.3 Å². The third-order valence-electron chi connectivity index (χ3n) is 2.81. The molecule has 0 saturated heterocycles. The molecule has 0 spiro atoms. The molecule has 2 aromatic rings. The number of rotatable bonds is 3. The zero-order valence-corrected chi connectivity index (χ0v) is 12.2. The Morgan fingerprint density at radius 1 is 1.19 bits per heavy atom. The van der Waals surface area contributed by atoms with E-state index < -0.39 is 0 Å². The first-order chi connectivity index (χ1) is 7.59. The minimum Gasteiger partial charge on any atom is -0.241 e. The van der Waals surface area contributed by atoms with Gasteiger partial charge >= 0.3 is 0 Å². The van der Waals surface area contributed by atoms with Crippen LogP contribution in [0.3, 0.4) is 0 Å². The van der Waals surface area contributed by atoms with Gasteiger partial charge in [-0.3, -0.25) is 0 Å². The molecule has 1 heterocycles. The molecular formula is C13H16BrNS. The number of hydrogen-bond acceptors (Lipinski definition) is 2. The molecule has 86 valence electrons. The lowest BCUT2D eigenvalue weighted by Crippen LogP contribution is -2.15. The van der Waals surface area contributed by atoms with E-state index in [0.717, 1.165) is 5.52 Å². The van der Waals surface area contributed by atoms with Gasteiger partial charge in [-0.1, -0.05) is 48.8 Å². The molecule has 0 amide bonds. The second-order valence-electron chi connectivity index (χ2n) is 4.47. The summed E-state index contributed by atoms with van der Waals surface area (Å²) in [4.78, 5) is 5.21. The summed E-state index contributed by atoms with van der Waals surface area (Å²) >= 11 is 5.52. The topological polar surface area (TPSA) is 12.9 Å². The molecule has 0 saturated carbocycles. The predicted molar refractivity (Wildman–Crippen MR) is 75.6 cm³/mol. The molecule has 16 heavy (non-hydrogen) atoms. The summed E-state index contributed by atoms with van der Waals surface area (Å²) in [5.74, 6) is 1.10. The van der Waals surface area contributed by atoms with E-state index in [1.807, 2.05) is 17.4 Å². The lowest BCUT2D eigenvalue weighted by Gasteiger charge is -2.20. The molecular weight excluding hydrogens is 282 g/mol. The predicted octanol–water partition coefficient (Wildman–Crippen LogP) is 4.82.